The predicted molar refractivity (Wildman–Crippen MR) is 90.0 cm³/mol. The first kappa shape index (κ1) is 15.4. The molecule has 2 amide bonds. The monoisotopic (exact) mass is 343 g/mol. The van der Waals surface area contributed by atoms with E-state index in [1.54, 1.807) is 17.5 Å². The van der Waals surface area contributed by atoms with E-state index in [1.807, 2.05) is 4.90 Å². The van der Waals surface area contributed by atoms with E-state index < -0.39 is 0 Å². The number of hydrogen-bond acceptors (Lipinski definition) is 4. The molecule has 2 aliphatic heterocycles. The summed E-state index contributed by atoms with van der Waals surface area (Å²) in [6, 6.07) is 0.140. The predicted octanol–water partition coefficient (Wildman–Crippen LogP) is 2.53. The Morgan fingerprint density at radius 3 is 2.80 bits per heavy atom. The van der Waals surface area contributed by atoms with Crippen molar-refractivity contribution in [3.8, 4) is 0 Å². The number of aromatic nitrogens is 3. The van der Waals surface area contributed by atoms with Crippen LogP contribution in [-0.4, -0.2) is 50.4 Å². The molecule has 2 saturated heterocycles. The number of rotatable bonds is 4. The molecule has 0 aromatic carbocycles. The summed E-state index contributed by atoms with van der Waals surface area (Å²) in [5, 5.41) is 9.90. The van der Waals surface area contributed by atoms with Gasteiger partial charge in [-0.3, -0.25) is 4.84 Å². The minimum atomic E-state index is -0.0304. The van der Waals surface area contributed by atoms with Gasteiger partial charge in [0, 0.05) is 6.54 Å². The minimum Gasteiger partial charge on any atom is -0.330 e. The molecule has 0 spiro atoms. The normalized spacial score (nSPS) is 39.4. The summed E-state index contributed by atoms with van der Waals surface area (Å²) in [5.41, 5.74) is 0. The smallest absolute Gasteiger partial charge is 0.330 e. The highest BCUT2D eigenvalue weighted by atomic mass is 16.7. The summed E-state index contributed by atoms with van der Waals surface area (Å²) in [6.07, 6.45) is 9.84. The third-order valence-electron chi connectivity index (χ3n) is 6.87. The van der Waals surface area contributed by atoms with E-state index in [0.29, 0.717) is 30.3 Å². The van der Waals surface area contributed by atoms with E-state index in [1.165, 1.54) is 32.1 Å². The van der Waals surface area contributed by atoms with Gasteiger partial charge in [-0.15, -0.1) is 16.8 Å². The third kappa shape index (κ3) is 2.11. The molecule has 1 N–H and O–H groups in total. The number of hydrogen-bond donors (Lipinski definition) is 1. The van der Waals surface area contributed by atoms with Crippen LogP contribution in [0, 0.1) is 23.7 Å². The van der Waals surface area contributed by atoms with Crippen LogP contribution in [0.2, 0.25) is 0 Å². The lowest BCUT2D eigenvalue weighted by Crippen LogP contribution is -2.61. The maximum atomic E-state index is 13.0. The molecule has 4 fully saturated rings. The molecule has 4 aliphatic rings. The molecule has 3 unspecified atom stereocenters. The number of fused-ring (bicyclic) bond motifs is 7. The van der Waals surface area contributed by atoms with Gasteiger partial charge in [0.1, 0.15) is 6.33 Å². The minimum absolute atomic E-state index is 0.00734. The number of carbonyl (C=O) groups excluding carboxylic acids is 1. The van der Waals surface area contributed by atoms with Gasteiger partial charge in [0.2, 0.25) is 0 Å². The van der Waals surface area contributed by atoms with Gasteiger partial charge in [-0.25, -0.2) is 4.79 Å². The fourth-order valence-electron chi connectivity index (χ4n) is 6.05. The standard InChI is InChI=1S/C18H25N5O2/c1-2-8-25-23-13-9-22(18(23)24)16(17-19-10-20-21-17)15-12-7-5-3-4-6-11(12)14(13)15/h2,10-16H,1,3-9H2,(H,19,20,21)/t11?,12?,13-,14-,15?,16-/m0/s1. The van der Waals surface area contributed by atoms with Crippen molar-refractivity contribution in [3.63, 3.8) is 0 Å². The van der Waals surface area contributed by atoms with Gasteiger partial charge in [0.25, 0.3) is 0 Å². The summed E-state index contributed by atoms with van der Waals surface area (Å²) in [5.74, 6) is 3.21. The van der Waals surface area contributed by atoms with Crippen molar-refractivity contribution >= 4 is 6.03 Å². The maximum absolute atomic E-state index is 13.0. The molecule has 7 nitrogen and oxygen atoms in total. The summed E-state index contributed by atoms with van der Waals surface area (Å²) in [4.78, 5) is 23.9. The number of nitrogens with zero attached hydrogens (tertiary/aromatic N) is 4. The number of H-pyrrole nitrogens is 1. The zero-order valence-electron chi connectivity index (χ0n) is 14.4. The van der Waals surface area contributed by atoms with E-state index in [2.05, 4.69) is 21.8 Å². The van der Waals surface area contributed by atoms with Crippen LogP contribution in [0.5, 0.6) is 0 Å². The molecule has 7 heteroatoms. The fourth-order valence-corrected chi connectivity index (χ4v) is 6.05. The SMILES string of the molecule is C=CCON1C(=O)N2C[C@H]1[C@@H]1C3CCCCCC3C1[C@H]2c1nnc[nH]1. The van der Waals surface area contributed by atoms with Crippen molar-refractivity contribution in [3.05, 3.63) is 24.8 Å². The van der Waals surface area contributed by atoms with E-state index in [9.17, 15) is 4.79 Å². The van der Waals surface area contributed by atoms with Gasteiger partial charge in [0.15, 0.2) is 5.82 Å². The van der Waals surface area contributed by atoms with Crippen LogP contribution in [0.1, 0.15) is 44.0 Å². The summed E-state index contributed by atoms with van der Waals surface area (Å²) in [6.45, 7) is 4.81. The van der Waals surface area contributed by atoms with E-state index >= 15 is 0 Å². The van der Waals surface area contributed by atoms with Gasteiger partial charge < -0.3 is 9.88 Å². The van der Waals surface area contributed by atoms with Crippen molar-refractivity contribution in [2.24, 2.45) is 23.7 Å². The number of hydroxylamine groups is 2. The van der Waals surface area contributed by atoms with E-state index in [4.69, 9.17) is 4.84 Å². The number of urea groups is 1. The Labute approximate surface area is 147 Å². The number of aromatic amines is 1. The van der Waals surface area contributed by atoms with Gasteiger partial charge in [-0.1, -0.05) is 25.3 Å². The molecule has 2 aliphatic carbocycles. The first-order valence-corrected chi connectivity index (χ1v) is 9.51. The van der Waals surface area contributed by atoms with Gasteiger partial charge >= 0.3 is 6.03 Å². The average Bonchev–Trinajstić information content (AvgIpc) is 3.16. The Bertz CT molecular complexity index is 662. The van der Waals surface area contributed by atoms with Gasteiger partial charge in [0.05, 0.1) is 18.7 Å². The highest BCUT2D eigenvalue weighted by molar-refractivity contribution is 5.77. The van der Waals surface area contributed by atoms with Crippen LogP contribution in [0.3, 0.4) is 0 Å². The van der Waals surface area contributed by atoms with E-state index in [0.717, 1.165) is 12.4 Å². The lowest BCUT2D eigenvalue weighted by atomic mass is 9.49. The number of amides is 2. The summed E-state index contributed by atoms with van der Waals surface area (Å²) in [7, 11) is 0. The molecule has 2 bridgehead atoms. The van der Waals surface area contributed by atoms with Crippen LogP contribution in [0.25, 0.3) is 0 Å². The Kier molecular flexibility index (Phi) is 3.58. The zero-order chi connectivity index (χ0) is 17.0. The molecule has 5 rings (SSSR count). The second-order valence-electron chi connectivity index (χ2n) is 7.85. The van der Waals surface area contributed by atoms with Crippen molar-refractivity contribution in [1.82, 2.24) is 25.1 Å². The molecule has 134 valence electrons. The molecule has 6 atom stereocenters. The van der Waals surface area contributed by atoms with Crippen LogP contribution >= 0.6 is 0 Å². The highest BCUT2D eigenvalue weighted by Crippen LogP contribution is 2.63. The van der Waals surface area contributed by atoms with Crippen LogP contribution in [0.4, 0.5) is 4.79 Å². The third-order valence-corrected chi connectivity index (χ3v) is 6.87. The Morgan fingerprint density at radius 2 is 2.08 bits per heavy atom. The lowest BCUT2D eigenvalue weighted by molar-refractivity contribution is -0.181. The number of piperidine rings is 1. The molecular formula is C18H25N5O2. The van der Waals surface area contributed by atoms with Crippen molar-refractivity contribution in [2.45, 2.75) is 44.2 Å². The van der Waals surface area contributed by atoms with Crippen LogP contribution in [-0.2, 0) is 4.84 Å². The molecule has 2 saturated carbocycles. The second-order valence-corrected chi connectivity index (χ2v) is 7.85. The van der Waals surface area contributed by atoms with Gasteiger partial charge in [-0.05, 0) is 36.5 Å². The lowest BCUT2D eigenvalue weighted by Gasteiger charge is -2.59. The average molecular weight is 343 g/mol. The summed E-state index contributed by atoms with van der Waals surface area (Å²) < 4.78 is 0. The number of carbonyl (C=O) groups is 1. The second kappa shape index (κ2) is 5.83. The zero-order valence-corrected chi connectivity index (χ0v) is 14.4. The molecule has 1 aromatic heterocycles. The quantitative estimate of drug-likeness (QED) is 0.853. The molecule has 1 aromatic rings. The molecule has 25 heavy (non-hydrogen) atoms. The van der Waals surface area contributed by atoms with Crippen molar-refractivity contribution in [1.29, 1.82) is 0 Å². The Balaban J connectivity index is 1.53. The Hall–Kier alpha value is -1.89. The van der Waals surface area contributed by atoms with Gasteiger partial charge in [-0.2, -0.15) is 5.06 Å². The number of nitrogens with one attached hydrogen (secondary N) is 1. The molecule has 3 heterocycles. The highest BCUT2D eigenvalue weighted by Gasteiger charge is 2.66. The van der Waals surface area contributed by atoms with Crippen LogP contribution < -0.4 is 0 Å². The first-order chi connectivity index (χ1) is 12.3. The molecular weight excluding hydrogens is 318 g/mol. The largest absolute Gasteiger partial charge is 0.344 e. The van der Waals surface area contributed by atoms with Crippen molar-refractivity contribution < 1.29 is 9.63 Å². The maximum Gasteiger partial charge on any atom is 0.344 e. The fraction of sp³-hybridized carbons (Fsp3) is 0.722. The topological polar surface area (TPSA) is 74.3 Å². The van der Waals surface area contributed by atoms with Crippen molar-refractivity contribution in [2.75, 3.05) is 13.2 Å². The molecule has 0 radical (unpaired) electrons. The Morgan fingerprint density at radius 1 is 1.28 bits per heavy atom. The first-order valence-electron chi connectivity index (χ1n) is 9.51. The van der Waals surface area contributed by atoms with E-state index in [-0.39, 0.29) is 18.1 Å². The summed E-state index contributed by atoms with van der Waals surface area (Å²) >= 11 is 0. The van der Waals surface area contributed by atoms with Crippen LogP contribution in [0.15, 0.2) is 19.0 Å².